The van der Waals surface area contributed by atoms with Gasteiger partial charge in [0, 0.05) is 5.56 Å². The lowest BCUT2D eigenvalue weighted by atomic mass is 10.0. The van der Waals surface area contributed by atoms with Gasteiger partial charge in [-0.15, -0.1) is 0 Å². The predicted octanol–water partition coefficient (Wildman–Crippen LogP) is 1.61. The summed E-state index contributed by atoms with van der Waals surface area (Å²) >= 11 is 0. The van der Waals surface area contributed by atoms with E-state index in [1.165, 1.54) is 0 Å². The highest BCUT2D eigenvalue weighted by Crippen LogP contribution is 2.32. The minimum absolute atomic E-state index is 0.0862. The van der Waals surface area contributed by atoms with Crippen LogP contribution in [0.15, 0.2) is 30.3 Å². The van der Waals surface area contributed by atoms with Gasteiger partial charge in [0.05, 0.1) is 6.04 Å². The highest BCUT2D eigenvalue weighted by atomic mass is 16.1. The monoisotopic (exact) mass is 175 g/mol. The van der Waals surface area contributed by atoms with Crippen molar-refractivity contribution in [3.63, 3.8) is 0 Å². The van der Waals surface area contributed by atoms with Crippen molar-refractivity contribution in [2.24, 2.45) is 11.7 Å². The summed E-state index contributed by atoms with van der Waals surface area (Å²) in [7, 11) is 0. The van der Waals surface area contributed by atoms with Crippen LogP contribution in [0.1, 0.15) is 23.2 Å². The lowest BCUT2D eigenvalue weighted by Gasteiger charge is -2.08. The number of ketones is 1. The molecule has 0 aliphatic heterocycles. The van der Waals surface area contributed by atoms with Gasteiger partial charge in [0.25, 0.3) is 0 Å². The molecule has 1 fully saturated rings. The van der Waals surface area contributed by atoms with E-state index < -0.39 is 0 Å². The van der Waals surface area contributed by atoms with E-state index in [9.17, 15) is 4.79 Å². The standard InChI is InChI=1S/C11H13NO/c12-10(8-6-7-8)11(13)9-4-2-1-3-5-9/h1-5,8,10H,6-7,12H2. The summed E-state index contributed by atoms with van der Waals surface area (Å²) in [6, 6.07) is 9.01. The maximum atomic E-state index is 11.7. The second-order valence-electron chi connectivity index (χ2n) is 3.59. The number of hydrogen-bond donors (Lipinski definition) is 1. The van der Waals surface area contributed by atoms with Crippen molar-refractivity contribution in [2.75, 3.05) is 0 Å². The maximum Gasteiger partial charge on any atom is 0.179 e. The number of carbonyl (C=O) groups excluding carboxylic acids is 1. The second-order valence-corrected chi connectivity index (χ2v) is 3.59. The van der Waals surface area contributed by atoms with Gasteiger partial charge in [0.2, 0.25) is 0 Å². The maximum absolute atomic E-state index is 11.7. The van der Waals surface area contributed by atoms with Crippen molar-refractivity contribution in [1.29, 1.82) is 0 Å². The summed E-state index contributed by atoms with van der Waals surface area (Å²) < 4.78 is 0. The highest BCUT2D eigenvalue weighted by molar-refractivity contribution is 6.00. The Hall–Kier alpha value is -1.15. The van der Waals surface area contributed by atoms with Gasteiger partial charge < -0.3 is 5.73 Å². The summed E-state index contributed by atoms with van der Waals surface area (Å²) in [5, 5.41) is 0. The molecule has 0 spiro atoms. The van der Waals surface area contributed by atoms with E-state index in [4.69, 9.17) is 5.73 Å². The SMILES string of the molecule is NC(C(=O)c1ccccc1)C1CC1. The lowest BCUT2D eigenvalue weighted by Crippen LogP contribution is -2.32. The molecule has 2 rings (SSSR count). The van der Waals surface area contributed by atoms with Gasteiger partial charge in [-0.25, -0.2) is 0 Å². The Morgan fingerprint density at radius 2 is 1.92 bits per heavy atom. The van der Waals surface area contributed by atoms with Gasteiger partial charge in [-0.2, -0.15) is 0 Å². The zero-order valence-electron chi connectivity index (χ0n) is 7.44. The molecule has 1 aliphatic carbocycles. The van der Waals surface area contributed by atoms with Crippen LogP contribution in [-0.4, -0.2) is 11.8 Å². The molecule has 1 aromatic rings. The first-order valence-electron chi connectivity index (χ1n) is 4.64. The van der Waals surface area contributed by atoms with Crippen LogP contribution in [0.2, 0.25) is 0 Å². The number of rotatable bonds is 3. The third-order valence-electron chi connectivity index (χ3n) is 2.49. The first-order chi connectivity index (χ1) is 6.29. The molecule has 2 nitrogen and oxygen atoms in total. The van der Waals surface area contributed by atoms with Gasteiger partial charge >= 0.3 is 0 Å². The number of hydrogen-bond acceptors (Lipinski definition) is 2. The summed E-state index contributed by atoms with van der Waals surface area (Å²) in [6.07, 6.45) is 2.22. The topological polar surface area (TPSA) is 43.1 Å². The molecule has 68 valence electrons. The minimum atomic E-state index is -0.276. The molecule has 0 heterocycles. The molecule has 2 N–H and O–H groups in total. The summed E-state index contributed by atoms with van der Waals surface area (Å²) in [4.78, 5) is 11.7. The van der Waals surface area contributed by atoms with Crippen LogP contribution in [0.5, 0.6) is 0 Å². The van der Waals surface area contributed by atoms with Crippen molar-refractivity contribution in [1.82, 2.24) is 0 Å². The van der Waals surface area contributed by atoms with Crippen LogP contribution in [-0.2, 0) is 0 Å². The molecule has 13 heavy (non-hydrogen) atoms. The number of nitrogens with two attached hydrogens (primary N) is 1. The minimum Gasteiger partial charge on any atom is -0.321 e. The van der Waals surface area contributed by atoms with Crippen LogP contribution in [0.3, 0.4) is 0 Å². The molecular formula is C11H13NO. The Labute approximate surface area is 77.8 Å². The van der Waals surface area contributed by atoms with E-state index in [1.54, 1.807) is 0 Å². The lowest BCUT2D eigenvalue weighted by molar-refractivity contribution is 0.0952. The first-order valence-corrected chi connectivity index (χ1v) is 4.64. The molecule has 1 aromatic carbocycles. The quantitative estimate of drug-likeness (QED) is 0.709. The van der Waals surface area contributed by atoms with Crippen molar-refractivity contribution in [3.8, 4) is 0 Å². The average molecular weight is 175 g/mol. The fourth-order valence-corrected chi connectivity index (χ4v) is 1.46. The number of carbonyl (C=O) groups is 1. The van der Waals surface area contributed by atoms with E-state index >= 15 is 0 Å². The number of Topliss-reactive ketones (excluding diaryl/α,β-unsaturated/α-hetero) is 1. The van der Waals surface area contributed by atoms with E-state index in [2.05, 4.69) is 0 Å². The molecular weight excluding hydrogens is 162 g/mol. The Morgan fingerprint density at radius 3 is 2.46 bits per heavy atom. The summed E-state index contributed by atoms with van der Waals surface area (Å²) in [5.74, 6) is 0.524. The predicted molar refractivity (Wildman–Crippen MR) is 51.5 cm³/mol. The molecule has 0 saturated heterocycles. The Kier molecular flexibility index (Phi) is 2.15. The smallest absolute Gasteiger partial charge is 0.179 e. The molecule has 1 saturated carbocycles. The first kappa shape index (κ1) is 8.45. The molecule has 1 atom stereocenters. The molecule has 1 aliphatic rings. The molecule has 0 bridgehead atoms. The van der Waals surface area contributed by atoms with Gasteiger partial charge in [0.15, 0.2) is 5.78 Å². The molecule has 2 heteroatoms. The highest BCUT2D eigenvalue weighted by Gasteiger charge is 2.33. The molecule has 0 amide bonds. The van der Waals surface area contributed by atoms with E-state index in [1.807, 2.05) is 30.3 Å². The third kappa shape index (κ3) is 1.78. The van der Waals surface area contributed by atoms with E-state index in [0.29, 0.717) is 5.92 Å². The van der Waals surface area contributed by atoms with E-state index in [0.717, 1.165) is 18.4 Å². The Morgan fingerprint density at radius 1 is 1.31 bits per heavy atom. The van der Waals surface area contributed by atoms with E-state index in [-0.39, 0.29) is 11.8 Å². The molecule has 0 radical (unpaired) electrons. The fraction of sp³-hybridized carbons (Fsp3) is 0.364. The Balaban J connectivity index is 2.12. The van der Waals surface area contributed by atoms with Crippen LogP contribution in [0.25, 0.3) is 0 Å². The van der Waals surface area contributed by atoms with Crippen LogP contribution in [0, 0.1) is 5.92 Å². The Bertz CT molecular complexity index is 303. The van der Waals surface area contributed by atoms with Gasteiger partial charge in [-0.05, 0) is 18.8 Å². The molecule has 1 unspecified atom stereocenters. The third-order valence-corrected chi connectivity index (χ3v) is 2.49. The van der Waals surface area contributed by atoms with Crippen LogP contribution in [0.4, 0.5) is 0 Å². The largest absolute Gasteiger partial charge is 0.321 e. The average Bonchev–Trinajstić information content (AvgIpc) is 3.00. The van der Waals surface area contributed by atoms with Crippen LogP contribution < -0.4 is 5.73 Å². The van der Waals surface area contributed by atoms with Crippen molar-refractivity contribution < 1.29 is 4.79 Å². The zero-order valence-corrected chi connectivity index (χ0v) is 7.44. The normalized spacial score (nSPS) is 18.2. The van der Waals surface area contributed by atoms with Gasteiger partial charge in [0.1, 0.15) is 0 Å². The second kappa shape index (κ2) is 3.30. The van der Waals surface area contributed by atoms with Crippen molar-refractivity contribution >= 4 is 5.78 Å². The van der Waals surface area contributed by atoms with Gasteiger partial charge in [-0.3, -0.25) is 4.79 Å². The zero-order chi connectivity index (χ0) is 9.26. The molecule has 0 aromatic heterocycles. The fourth-order valence-electron chi connectivity index (χ4n) is 1.46. The van der Waals surface area contributed by atoms with Gasteiger partial charge in [-0.1, -0.05) is 30.3 Å². The van der Waals surface area contributed by atoms with Crippen molar-refractivity contribution in [3.05, 3.63) is 35.9 Å². The number of benzene rings is 1. The summed E-state index contributed by atoms with van der Waals surface area (Å²) in [6.45, 7) is 0. The van der Waals surface area contributed by atoms with Crippen LogP contribution >= 0.6 is 0 Å². The summed E-state index contributed by atoms with van der Waals surface area (Å²) in [5.41, 5.74) is 6.54. The van der Waals surface area contributed by atoms with Crippen molar-refractivity contribution in [2.45, 2.75) is 18.9 Å².